The standard InChI is InChI=1S/C11H17N3O/c1-14-6-8-2-3-10(4-5-10)11(15,7-12)9(8)13-14/h6,15H,2-5,7,12H2,1H3. The van der Waals surface area contributed by atoms with E-state index in [4.69, 9.17) is 5.73 Å². The molecule has 0 bridgehead atoms. The molecule has 1 spiro atoms. The summed E-state index contributed by atoms with van der Waals surface area (Å²) in [7, 11) is 1.90. The first-order chi connectivity index (χ1) is 7.11. The molecule has 1 fully saturated rings. The summed E-state index contributed by atoms with van der Waals surface area (Å²) in [5.41, 5.74) is 6.95. The van der Waals surface area contributed by atoms with Gasteiger partial charge in [-0.1, -0.05) is 0 Å². The maximum Gasteiger partial charge on any atom is 0.126 e. The van der Waals surface area contributed by atoms with Crippen LogP contribution in [0.4, 0.5) is 0 Å². The number of nitrogens with two attached hydrogens (primary N) is 1. The molecule has 0 radical (unpaired) electrons. The highest BCUT2D eigenvalue weighted by Gasteiger charge is 2.61. The summed E-state index contributed by atoms with van der Waals surface area (Å²) in [6, 6.07) is 0. The highest BCUT2D eigenvalue weighted by molar-refractivity contribution is 5.33. The van der Waals surface area contributed by atoms with Gasteiger partial charge in [0.2, 0.25) is 0 Å². The lowest BCUT2D eigenvalue weighted by atomic mass is 9.72. The van der Waals surface area contributed by atoms with Crippen LogP contribution in [0.5, 0.6) is 0 Å². The van der Waals surface area contributed by atoms with Crippen molar-refractivity contribution in [3.8, 4) is 0 Å². The third kappa shape index (κ3) is 1.01. The van der Waals surface area contributed by atoms with Crippen molar-refractivity contribution in [3.05, 3.63) is 17.5 Å². The number of nitrogens with zero attached hydrogens (tertiary/aromatic N) is 2. The zero-order valence-corrected chi connectivity index (χ0v) is 9.03. The van der Waals surface area contributed by atoms with Crippen LogP contribution in [0.25, 0.3) is 0 Å². The lowest BCUT2D eigenvalue weighted by Gasteiger charge is -2.38. The van der Waals surface area contributed by atoms with Gasteiger partial charge in [0.05, 0.1) is 5.69 Å². The third-order valence-electron chi connectivity index (χ3n) is 4.20. The average molecular weight is 207 g/mol. The van der Waals surface area contributed by atoms with Gasteiger partial charge >= 0.3 is 0 Å². The quantitative estimate of drug-likeness (QED) is 0.696. The Bertz CT molecular complexity index is 408. The fourth-order valence-corrected chi connectivity index (χ4v) is 3.03. The second-order valence-corrected chi connectivity index (χ2v) is 5.02. The van der Waals surface area contributed by atoms with Gasteiger partial charge < -0.3 is 10.8 Å². The molecule has 1 aromatic rings. The predicted molar refractivity (Wildman–Crippen MR) is 56.1 cm³/mol. The largest absolute Gasteiger partial charge is 0.382 e. The SMILES string of the molecule is Cn1cc2c(n1)C(O)(CN)C1(CC2)CC1. The van der Waals surface area contributed by atoms with E-state index in [0.717, 1.165) is 31.4 Å². The number of rotatable bonds is 1. The van der Waals surface area contributed by atoms with Crippen LogP contribution in [0.1, 0.15) is 30.5 Å². The second-order valence-electron chi connectivity index (χ2n) is 5.02. The molecule has 1 heterocycles. The Hall–Kier alpha value is -0.870. The summed E-state index contributed by atoms with van der Waals surface area (Å²) in [5.74, 6) is 0. The number of aromatic nitrogens is 2. The lowest BCUT2D eigenvalue weighted by Crippen LogP contribution is -2.47. The maximum atomic E-state index is 10.7. The summed E-state index contributed by atoms with van der Waals surface area (Å²) >= 11 is 0. The van der Waals surface area contributed by atoms with Crippen LogP contribution in [-0.4, -0.2) is 21.4 Å². The van der Waals surface area contributed by atoms with Crippen molar-refractivity contribution in [1.82, 2.24) is 9.78 Å². The summed E-state index contributed by atoms with van der Waals surface area (Å²) < 4.78 is 1.78. The van der Waals surface area contributed by atoms with Gasteiger partial charge in [0.15, 0.2) is 0 Å². The van der Waals surface area contributed by atoms with E-state index in [1.54, 1.807) is 4.68 Å². The van der Waals surface area contributed by atoms with Crippen molar-refractivity contribution < 1.29 is 5.11 Å². The third-order valence-corrected chi connectivity index (χ3v) is 4.20. The van der Waals surface area contributed by atoms with Gasteiger partial charge in [-0.15, -0.1) is 0 Å². The molecule has 1 saturated carbocycles. The van der Waals surface area contributed by atoms with E-state index in [0.29, 0.717) is 0 Å². The number of hydrogen-bond acceptors (Lipinski definition) is 3. The van der Waals surface area contributed by atoms with Crippen molar-refractivity contribution >= 4 is 0 Å². The summed E-state index contributed by atoms with van der Waals surface area (Å²) in [5, 5.41) is 15.1. The first kappa shape index (κ1) is 9.36. The van der Waals surface area contributed by atoms with Crippen LogP contribution in [0.15, 0.2) is 6.20 Å². The van der Waals surface area contributed by atoms with Gasteiger partial charge in [-0.3, -0.25) is 4.68 Å². The average Bonchev–Trinajstić information content (AvgIpc) is 2.91. The molecule has 4 heteroatoms. The first-order valence-corrected chi connectivity index (χ1v) is 5.57. The fourth-order valence-electron chi connectivity index (χ4n) is 3.03. The molecule has 4 nitrogen and oxygen atoms in total. The van der Waals surface area contributed by atoms with Gasteiger partial charge in [-0.05, 0) is 31.2 Å². The molecule has 2 aliphatic carbocycles. The highest BCUT2D eigenvalue weighted by Crippen LogP contribution is 2.63. The molecular weight excluding hydrogens is 190 g/mol. The Morgan fingerprint density at radius 2 is 2.27 bits per heavy atom. The van der Waals surface area contributed by atoms with Crippen LogP contribution in [-0.2, 0) is 19.1 Å². The van der Waals surface area contributed by atoms with Crippen molar-refractivity contribution in [2.45, 2.75) is 31.3 Å². The molecule has 3 N–H and O–H groups in total. The van der Waals surface area contributed by atoms with Crippen LogP contribution in [0.2, 0.25) is 0 Å². The lowest BCUT2D eigenvalue weighted by molar-refractivity contribution is -0.0460. The van der Waals surface area contributed by atoms with Crippen molar-refractivity contribution in [2.75, 3.05) is 6.54 Å². The molecule has 0 aromatic carbocycles. The van der Waals surface area contributed by atoms with Gasteiger partial charge in [-0.2, -0.15) is 5.10 Å². The van der Waals surface area contributed by atoms with Gasteiger partial charge in [-0.25, -0.2) is 0 Å². The Morgan fingerprint density at radius 1 is 1.53 bits per heavy atom. The monoisotopic (exact) mass is 207 g/mol. The van der Waals surface area contributed by atoms with E-state index >= 15 is 0 Å². The van der Waals surface area contributed by atoms with Crippen LogP contribution >= 0.6 is 0 Å². The van der Waals surface area contributed by atoms with E-state index in [1.807, 2.05) is 13.2 Å². The normalized spacial score (nSPS) is 31.7. The zero-order chi connectivity index (χ0) is 10.7. The number of aliphatic hydroxyl groups is 1. The predicted octanol–water partition coefficient (Wildman–Crippen LogP) is 0.293. The minimum Gasteiger partial charge on any atom is -0.382 e. The summed E-state index contributed by atoms with van der Waals surface area (Å²) in [6.07, 6.45) is 6.28. The Kier molecular flexibility index (Phi) is 1.64. The highest BCUT2D eigenvalue weighted by atomic mass is 16.3. The van der Waals surface area contributed by atoms with E-state index in [1.165, 1.54) is 5.56 Å². The van der Waals surface area contributed by atoms with E-state index in [9.17, 15) is 5.11 Å². The molecule has 1 aromatic heterocycles. The molecule has 82 valence electrons. The van der Waals surface area contributed by atoms with Crippen LogP contribution < -0.4 is 5.73 Å². The van der Waals surface area contributed by atoms with Crippen LogP contribution in [0, 0.1) is 5.41 Å². The minimum absolute atomic E-state index is 0.0447. The second kappa shape index (κ2) is 2.62. The molecule has 0 aliphatic heterocycles. The molecular formula is C11H17N3O. The fraction of sp³-hybridized carbons (Fsp3) is 0.727. The van der Waals surface area contributed by atoms with E-state index in [2.05, 4.69) is 5.10 Å². The van der Waals surface area contributed by atoms with E-state index < -0.39 is 5.60 Å². The Labute approximate surface area is 89.1 Å². The first-order valence-electron chi connectivity index (χ1n) is 5.57. The molecule has 0 amide bonds. The van der Waals surface area contributed by atoms with Gasteiger partial charge in [0.25, 0.3) is 0 Å². The summed E-state index contributed by atoms with van der Waals surface area (Å²) in [6.45, 7) is 0.289. The molecule has 3 rings (SSSR count). The minimum atomic E-state index is -0.873. The van der Waals surface area contributed by atoms with Crippen molar-refractivity contribution in [3.63, 3.8) is 0 Å². The molecule has 1 atom stereocenters. The smallest absolute Gasteiger partial charge is 0.126 e. The number of aryl methyl sites for hydroxylation is 2. The number of hydrogen-bond donors (Lipinski definition) is 2. The maximum absolute atomic E-state index is 10.7. The molecule has 1 unspecified atom stereocenters. The molecule has 2 aliphatic rings. The van der Waals surface area contributed by atoms with Gasteiger partial charge in [0, 0.05) is 25.2 Å². The van der Waals surface area contributed by atoms with Gasteiger partial charge in [0.1, 0.15) is 5.60 Å². The Balaban J connectivity index is 2.15. The van der Waals surface area contributed by atoms with Crippen LogP contribution in [0.3, 0.4) is 0 Å². The Morgan fingerprint density at radius 3 is 2.87 bits per heavy atom. The summed E-state index contributed by atoms with van der Waals surface area (Å²) in [4.78, 5) is 0. The number of fused-ring (bicyclic) bond motifs is 1. The van der Waals surface area contributed by atoms with Crippen molar-refractivity contribution in [1.29, 1.82) is 0 Å². The zero-order valence-electron chi connectivity index (χ0n) is 9.03. The molecule has 15 heavy (non-hydrogen) atoms. The topological polar surface area (TPSA) is 64.1 Å². The van der Waals surface area contributed by atoms with E-state index in [-0.39, 0.29) is 12.0 Å². The molecule has 0 saturated heterocycles. The van der Waals surface area contributed by atoms with Crippen molar-refractivity contribution in [2.24, 2.45) is 18.2 Å².